The number of non-ortho nitro benzene ring substituents is 1. The van der Waals surface area contributed by atoms with Crippen molar-refractivity contribution in [1.29, 1.82) is 0 Å². The quantitative estimate of drug-likeness (QED) is 0.610. The van der Waals surface area contributed by atoms with Crippen molar-refractivity contribution < 1.29 is 19.6 Å². The van der Waals surface area contributed by atoms with E-state index >= 15 is 0 Å². The molecule has 0 saturated carbocycles. The molecule has 0 radical (unpaired) electrons. The molecule has 7 heteroatoms. The van der Waals surface area contributed by atoms with Crippen LogP contribution >= 0.6 is 0 Å². The van der Waals surface area contributed by atoms with E-state index in [1.807, 2.05) is 6.92 Å². The van der Waals surface area contributed by atoms with Gasteiger partial charge in [0, 0.05) is 17.7 Å². The molecular formula is C13H16N2O5. The Balaban J connectivity index is 2.83. The maximum absolute atomic E-state index is 11.9. The minimum absolute atomic E-state index is 0.127. The molecule has 0 aromatic heterocycles. The van der Waals surface area contributed by atoms with Crippen LogP contribution in [0.5, 0.6) is 0 Å². The zero-order valence-corrected chi connectivity index (χ0v) is 11.2. The van der Waals surface area contributed by atoms with Gasteiger partial charge in [-0.1, -0.05) is 20.3 Å². The number of rotatable bonds is 6. The van der Waals surface area contributed by atoms with Gasteiger partial charge in [-0.05, 0) is 18.1 Å². The first-order valence-corrected chi connectivity index (χ1v) is 6.15. The van der Waals surface area contributed by atoms with E-state index in [4.69, 9.17) is 5.11 Å². The van der Waals surface area contributed by atoms with Crippen molar-refractivity contribution in [2.45, 2.75) is 26.3 Å². The van der Waals surface area contributed by atoms with Crippen molar-refractivity contribution in [2.75, 3.05) is 0 Å². The SMILES string of the molecule is CCC(C)C(NC(=O)c1ccc([N+](=O)[O-])cc1)C(=O)O. The van der Waals surface area contributed by atoms with E-state index in [0.29, 0.717) is 6.42 Å². The lowest BCUT2D eigenvalue weighted by Gasteiger charge is -2.20. The molecule has 0 aliphatic heterocycles. The number of hydrogen-bond acceptors (Lipinski definition) is 4. The number of hydrogen-bond donors (Lipinski definition) is 2. The summed E-state index contributed by atoms with van der Waals surface area (Å²) in [5, 5.41) is 22.0. The number of carbonyl (C=O) groups is 2. The first kappa shape index (κ1) is 15.6. The van der Waals surface area contributed by atoms with Gasteiger partial charge in [-0.2, -0.15) is 0 Å². The van der Waals surface area contributed by atoms with Gasteiger partial charge >= 0.3 is 5.97 Å². The van der Waals surface area contributed by atoms with Gasteiger partial charge in [0.25, 0.3) is 11.6 Å². The van der Waals surface area contributed by atoms with E-state index in [2.05, 4.69) is 5.32 Å². The summed E-state index contributed by atoms with van der Waals surface area (Å²) < 4.78 is 0. The molecule has 7 nitrogen and oxygen atoms in total. The lowest BCUT2D eigenvalue weighted by molar-refractivity contribution is -0.384. The van der Waals surface area contributed by atoms with Crippen molar-refractivity contribution in [3.8, 4) is 0 Å². The molecule has 0 saturated heterocycles. The normalized spacial score (nSPS) is 13.3. The Bertz CT molecular complexity index is 512. The number of nitro groups is 1. The van der Waals surface area contributed by atoms with Crippen LogP contribution in [-0.4, -0.2) is 27.9 Å². The van der Waals surface area contributed by atoms with Crippen molar-refractivity contribution in [3.05, 3.63) is 39.9 Å². The van der Waals surface area contributed by atoms with Gasteiger partial charge in [-0.15, -0.1) is 0 Å². The van der Waals surface area contributed by atoms with Crippen LogP contribution in [0.15, 0.2) is 24.3 Å². The Morgan fingerprint density at radius 3 is 2.30 bits per heavy atom. The molecule has 20 heavy (non-hydrogen) atoms. The number of nitrogens with one attached hydrogen (secondary N) is 1. The van der Waals surface area contributed by atoms with Gasteiger partial charge in [0.2, 0.25) is 0 Å². The molecule has 1 amide bonds. The van der Waals surface area contributed by atoms with Gasteiger partial charge in [-0.25, -0.2) is 4.79 Å². The summed E-state index contributed by atoms with van der Waals surface area (Å²) in [5.41, 5.74) is 0.0587. The molecule has 1 aromatic carbocycles. The van der Waals surface area contributed by atoms with E-state index in [9.17, 15) is 19.7 Å². The van der Waals surface area contributed by atoms with Gasteiger partial charge in [0.15, 0.2) is 0 Å². The monoisotopic (exact) mass is 280 g/mol. The average molecular weight is 280 g/mol. The standard InChI is InChI=1S/C13H16N2O5/c1-3-8(2)11(13(17)18)14-12(16)9-4-6-10(7-5-9)15(19)20/h4-8,11H,3H2,1-2H3,(H,14,16)(H,17,18). The van der Waals surface area contributed by atoms with Crippen LogP contribution in [0.25, 0.3) is 0 Å². The minimum atomic E-state index is -1.10. The fraction of sp³-hybridized carbons (Fsp3) is 0.385. The van der Waals surface area contributed by atoms with Crippen molar-refractivity contribution >= 4 is 17.6 Å². The molecule has 0 aliphatic carbocycles. The largest absolute Gasteiger partial charge is 0.480 e. The summed E-state index contributed by atoms with van der Waals surface area (Å²) in [5.74, 6) is -1.88. The number of carbonyl (C=O) groups excluding carboxylic acids is 1. The number of nitro benzene ring substituents is 1. The van der Waals surface area contributed by atoms with E-state index in [1.54, 1.807) is 6.92 Å². The lowest BCUT2D eigenvalue weighted by atomic mass is 9.99. The molecule has 0 aliphatic rings. The molecule has 2 N–H and O–H groups in total. The van der Waals surface area contributed by atoms with Crippen LogP contribution in [0.2, 0.25) is 0 Å². The highest BCUT2D eigenvalue weighted by Crippen LogP contribution is 2.13. The van der Waals surface area contributed by atoms with Crippen LogP contribution < -0.4 is 5.32 Å². The smallest absolute Gasteiger partial charge is 0.326 e. The molecule has 0 fully saturated rings. The van der Waals surface area contributed by atoms with Crippen molar-refractivity contribution in [3.63, 3.8) is 0 Å². The second-order valence-corrected chi connectivity index (χ2v) is 4.48. The van der Waals surface area contributed by atoms with E-state index < -0.39 is 22.8 Å². The van der Waals surface area contributed by atoms with E-state index in [0.717, 1.165) is 0 Å². The summed E-state index contributed by atoms with van der Waals surface area (Å²) >= 11 is 0. The zero-order chi connectivity index (χ0) is 15.3. The molecule has 0 bridgehead atoms. The van der Waals surface area contributed by atoms with E-state index in [1.165, 1.54) is 24.3 Å². The second kappa shape index (κ2) is 6.65. The van der Waals surface area contributed by atoms with Gasteiger partial charge in [0.05, 0.1) is 4.92 Å². The summed E-state index contributed by atoms with van der Waals surface area (Å²) in [6.45, 7) is 3.56. The topological polar surface area (TPSA) is 110 Å². The number of carboxylic acids is 1. The number of aliphatic carboxylic acids is 1. The Hall–Kier alpha value is -2.44. The number of amides is 1. The third kappa shape index (κ3) is 3.78. The molecule has 2 unspecified atom stereocenters. The Labute approximate surface area is 115 Å². The maximum atomic E-state index is 11.9. The molecule has 108 valence electrons. The fourth-order valence-corrected chi connectivity index (χ4v) is 1.64. The van der Waals surface area contributed by atoms with Gasteiger partial charge in [-0.3, -0.25) is 14.9 Å². The predicted octanol–water partition coefficient (Wildman–Crippen LogP) is 1.82. The first-order valence-electron chi connectivity index (χ1n) is 6.15. The summed E-state index contributed by atoms with van der Waals surface area (Å²) in [6, 6.07) is 4.01. The average Bonchev–Trinajstić information content (AvgIpc) is 2.43. The third-order valence-electron chi connectivity index (χ3n) is 3.11. The molecule has 0 spiro atoms. The first-order chi connectivity index (χ1) is 9.36. The number of benzene rings is 1. The zero-order valence-electron chi connectivity index (χ0n) is 11.2. The number of carboxylic acid groups (broad SMARTS) is 1. The van der Waals surface area contributed by atoms with Crippen LogP contribution in [0.4, 0.5) is 5.69 Å². The molecule has 2 atom stereocenters. The fourth-order valence-electron chi connectivity index (χ4n) is 1.64. The summed E-state index contributed by atoms with van der Waals surface area (Å²) in [4.78, 5) is 33.0. The Morgan fingerprint density at radius 1 is 1.35 bits per heavy atom. The minimum Gasteiger partial charge on any atom is -0.480 e. The molecular weight excluding hydrogens is 264 g/mol. The maximum Gasteiger partial charge on any atom is 0.326 e. The van der Waals surface area contributed by atoms with E-state index in [-0.39, 0.29) is 17.2 Å². The van der Waals surface area contributed by atoms with Gasteiger partial charge in [0.1, 0.15) is 6.04 Å². The molecule has 1 aromatic rings. The highest BCUT2D eigenvalue weighted by molar-refractivity contribution is 5.96. The van der Waals surface area contributed by atoms with Crippen LogP contribution in [0.1, 0.15) is 30.6 Å². The predicted molar refractivity (Wildman–Crippen MR) is 71.4 cm³/mol. The Morgan fingerprint density at radius 2 is 1.90 bits per heavy atom. The lowest BCUT2D eigenvalue weighted by Crippen LogP contribution is -2.45. The van der Waals surface area contributed by atoms with Crippen LogP contribution in [-0.2, 0) is 4.79 Å². The Kier molecular flexibility index (Phi) is 5.19. The summed E-state index contributed by atoms with van der Waals surface area (Å²) in [7, 11) is 0. The second-order valence-electron chi connectivity index (χ2n) is 4.48. The van der Waals surface area contributed by atoms with Crippen LogP contribution in [0.3, 0.4) is 0 Å². The van der Waals surface area contributed by atoms with Gasteiger partial charge < -0.3 is 10.4 Å². The number of nitrogens with zero attached hydrogens (tertiary/aromatic N) is 1. The van der Waals surface area contributed by atoms with Crippen LogP contribution in [0, 0.1) is 16.0 Å². The van der Waals surface area contributed by atoms with Crippen molar-refractivity contribution in [2.24, 2.45) is 5.92 Å². The molecule has 0 heterocycles. The third-order valence-corrected chi connectivity index (χ3v) is 3.11. The highest BCUT2D eigenvalue weighted by Gasteiger charge is 2.25. The molecule has 1 rings (SSSR count). The highest BCUT2D eigenvalue weighted by atomic mass is 16.6. The summed E-state index contributed by atoms with van der Waals surface area (Å²) in [6.07, 6.45) is 0.609. The van der Waals surface area contributed by atoms with Crippen molar-refractivity contribution in [1.82, 2.24) is 5.32 Å².